The monoisotopic (exact) mass is 452 g/mol. The summed E-state index contributed by atoms with van der Waals surface area (Å²) < 4.78 is 1.10. The van der Waals surface area contributed by atoms with E-state index in [1.165, 1.54) is 0 Å². The highest BCUT2D eigenvalue weighted by molar-refractivity contribution is 9.12. The summed E-state index contributed by atoms with van der Waals surface area (Å²) in [5, 5.41) is 0. The highest BCUT2D eigenvalue weighted by Crippen LogP contribution is 2.31. The normalized spacial score (nSPS) is 33.6. The Hall–Kier alpha value is -1.40. The highest BCUT2D eigenvalue weighted by atomic mass is 79.9. The maximum atomic E-state index is 11.4. The van der Waals surface area contributed by atoms with Gasteiger partial charge in [0.25, 0.3) is 0 Å². The molecule has 0 saturated carbocycles. The summed E-state index contributed by atoms with van der Waals surface area (Å²) in [6.45, 7) is 0. The Bertz CT molecular complexity index is 693. The van der Waals surface area contributed by atoms with E-state index in [-0.39, 0.29) is 46.8 Å². The lowest BCUT2D eigenvalue weighted by Gasteiger charge is -2.13. The molecule has 124 valence electrons. The van der Waals surface area contributed by atoms with Gasteiger partial charge in [0.05, 0.1) is 20.8 Å². The molecular formula is C18H14Br2O4. The molecule has 4 bridgehead atoms. The van der Waals surface area contributed by atoms with Crippen LogP contribution < -0.4 is 0 Å². The topological polar surface area (TPSA) is 68.3 Å². The molecule has 6 aliphatic carbocycles. The van der Waals surface area contributed by atoms with Crippen molar-refractivity contribution in [3.63, 3.8) is 0 Å². The van der Waals surface area contributed by atoms with Crippen molar-refractivity contribution in [3.8, 4) is 0 Å². The second kappa shape index (κ2) is 6.84. The molecule has 0 aromatic carbocycles. The number of hydrogen-bond acceptors (Lipinski definition) is 4. The Morgan fingerprint density at radius 3 is 1.38 bits per heavy atom. The number of fused-ring (bicyclic) bond motifs is 4. The minimum Gasteiger partial charge on any atom is -0.299 e. The largest absolute Gasteiger partial charge is 0.299 e. The van der Waals surface area contributed by atoms with Crippen LogP contribution in [0.2, 0.25) is 0 Å². The van der Waals surface area contributed by atoms with Gasteiger partial charge >= 0.3 is 0 Å². The first-order valence-corrected chi connectivity index (χ1v) is 9.20. The highest BCUT2D eigenvalue weighted by Gasteiger charge is 2.33. The van der Waals surface area contributed by atoms with Crippen molar-refractivity contribution in [1.82, 2.24) is 0 Å². The maximum absolute atomic E-state index is 11.4. The maximum Gasteiger partial charge on any atom is 0.176 e. The van der Waals surface area contributed by atoms with E-state index in [1.807, 2.05) is 24.3 Å². The smallest absolute Gasteiger partial charge is 0.176 e. The molecule has 0 N–H and O–H groups in total. The minimum atomic E-state index is -0.220. The number of Topliss-reactive ketones (excluding diaryl/α,β-unsaturated/α-hetero) is 4. The molecule has 4 atom stereocenters. The van der Waals surface area contributed by atoms with E-state index in [1.54, 1.807) is 12.2 Å². The standard InChI is InChI=1S/2C9H7BrO2/c2*10-7-3-5-1-2-6(9(7)12)4-8(5)11/h2*1-3,5-6H,4H2/t2*5-,6-/m11/s1. The number of hydrogen-bond donors (Lipinski definition) is 0. The molecule has 0 fully saturated rings. The number of halogens is 2. The average Bonchev–Trinajstić information content (AvgIpc) is 2.87. The molecule has 0 saturated heterocycles. The van der Waals surface area contributed by atoms with Gasteiger partial charge in [-0.2, -0.15) is 0 Å². The van der Waals surface area contributed by atoms with Gasteiger partial charge in [-0.25, -0.2) is 0 Å². The fraction of sp³-hybridized carbons (Fsp3) is 0.333. The molecular weight excluding hydrogens is 440 g/mol. The van der Waals surface area contributed by atoms with Gasteiger partial charge in [-0.15, -0.1) is 0 Å². The third-order valence-electron chi connectivity index (χ3n) is 4.48. The van der Waals surface area contributed by atoms with Crippen molar-refractivity contribution in [2.45, 2.75) is 12.8 Å². The molecule has 0 aromatic heterocycles. The lowest BCUT2D eigenvalue weighted by atomic mass is 9.89. The van der Waals surface area contributed by atoms with Gasteiger partial charge in [0.1, 0.15) is 11.6 Å². The van der Waals surface area contributed by atoms with Crippen molar-refractivity contribution in [2.75, 3.05) is 0 Å². The number of ketones is 4. The third-order valence-corrected chi connectivity index (χ3v) is 5.79. The van der Waals surface area contributed by atoms with Gasteiger partial charge in [-0.1, -0.05) is 36.5 Å². The first-order chi connectivity index (χ1) is 11.4. The number of carbonyl (C=O) groups is 4. The fourth-order valence-corrected chi connectivity index (χ4v) is 4.21. The number of allylic oxidation sites excluding steroid dienone is 8. The molecule has 0 radical (unpaired) electrons. The summed E-state index contributed by atoms with van der Waals surface area (Å²) in [6, 6.07) is 0. The second-order valence-corrected chi connectivity index (χ2v) is 7.84. The van der Waals surface area contributed by atoms with Crippen LogP contribution in [-0.4, -0.2) is 23.1 Å². The summed E-state index contributed by atoms with van der Waals surface area (Å²) in [5.74, 6) is -0.456. The first kappa shape index (κ1) is 17.4. The Balaban J connectivity index is 0.000000141. The molecule has 0 aliphatic heterocycles. The average molecular weight is 454 g/mol. The zero-order valence-electron chi connectivity index (χ0n) is 12.6. The van der Waals surface area contributed by atoms with Crippen LogP contribution in [0.15, 0.2) is 45.4 Å². The lowest BCUT2D eigenvalue weighted by molar-refractivity contribution is -0.125. The van der Waals surface area contributed by atoms with E-state index in [9.17, 15) is 19.2 Å². The molecule has 0 unspecified atom stereocenters. The third kappa shape index (κ3) is 3.35. The quantitative estimate of drug-likeness (QED) is 0.528. The summed E-state index contributed by atoms with van der Waals surface area (Å²) in [6.07, 6.45) is 11.4. The zero-order valence-corrected chi connectivity index (χ0v) is 15.7. The molecule has 24 heavy (non-hydrogen) atoms. The van der Waals surface area contributed by atoms with Crippen molar-refractivity contribution >= 4 is 55.0 Å². The van der Waals surface area contributed by atoms with Crippen LogP contribution in [0.3, 0.4) is 0 Å². The van der Waals surface area contributed by atoms with Crippen molar-refractivity contribution in [2.24, 2.45) is 23.7 Å². The van der Waals surface area contributed by atoms with Gasteiger partial charge in [0.15, 0.2) is 11.6 Å². The van der Waals surface area contributed by atoms with Crippen LogP contribution in [0.4, 0.5) is 0 Å². The van der Waals surface area contributed by atoms with E-state index in [0.717, 1.165) is 0 Å². The van der Waals surface area contributed by atoms with Gasteiger partial charge in [0, 0.05) is 24.7 Å². The molecule has 6 aliphatic rings. The molecule has 0 amide bonds. The summed E-state index contributed by atoms with van der Waals surface area (Å²) in [5.41, 5.74) is 0. The first-order valence-electron chi connectivity index (χ1n) is 7.62. The Morgan fingerprint density at radius 2 is 1.04 bits per heavy atom. The van der Waals surface area contributed by atoms with E-state index in [2.05, 4.69) is 31.9 Å². The van der Waals surface area contributed by atoms with Gasteiger partial charge < -0.3 is 0 Å². The van der Waals surface area contributed by atoms with Crippen LogP contribution in [-0.2, 0) is 19.2 Å². The number of rotatable bonds is 0. The Labute approximate surface area is 156 Å². The summed E-state index contributed by atoms with van der Waals surface area (Å²) >= 11 is 6.34. The van der Waals surface area contributed by atoms with E-state index in [0.29, 0.717) is 21.8 Å². The molecule has 0 heterocycles. The van der Waals surface area contributed by atoms with Crippen molar-refractivity contribution < 1.29 is 19.2 Å². The van der Waals surface area contributed by atoms with E-state index in [4.69, 9.17) is 0 Å². The van der Waals surface area contributed by atoms with Crippen molar-refractivity contribution in [3.05, 3.63) is 45.4 Å². The second-order valence-electron chi connectivity index (χ2n) is 6.13. The molecule has 6 heteroatoms. The van der Waals surface area contributed by atoms with Crippen molar-refractivity contribution in [1.29, 1.82) is 0 Å². The Morgan fingerprint density at radius 1 is 0.667 bits per heavy atom. The van der Waals surface area contributed by atoms with Crippen LogP contribution >= 0.6 is 31.9 Å². The van der Waals surface area contributed by atoms with Crippen LogP contribution in [0, 0.1) is 23.7 Å². The lowest BCUT2D eigenvalue weighted by Crippen LogP contribution is -2.20. The predicted octanol–water partition coefficient (Wildman–Crippen LogP) is 3.22. The van der Waals surface area contributed by atoms with E-state index < -0.39 is 0 Å². The SMILES string of the molecule is O=C1C[C@H]2C=C[C@@H]1C=C(Br)C2=O.O=C1C[C@H]2C=C[C@@H]1C=C(Br)C2=O. The fourth-order valence-electron chi connectivity index (χ4n) is 3.06. The Kier molecular flexibility index (Phi) is 4.97. The van der Waals surface area contributed by atoms with Crippen LogP contribution in [0.25, 0.3) is 0 Å². The van der Waals surface area contributed by atoms with E-state index >= 15 is 0 Å². The molecule has 0 spiro atoms. The zero-order chi connectivity index (χ0) is 17.4. The van der Waals surface area contributed by atoms with Gasteiger partial charge in [-0.3, -0.25) is 19.2 Å². The summed E-state index contributed by atoms with van der Waals surface area (Å²) in [7, 11) is 0. The van der Waals surface area contributed by atoms with Gasteiger partial charge in [0.2, 0.25) is 0 Å². The van der Waals surface area contributed by atoms with Gasteiger partial charge in [-0.05, 0) is 31.9 Å². The summed E-state index contributed by atoms with van der Waals surface area (Å²) in [4.78, 5) is 45.5. The number of carbonyl (C=O) groups excluding carboxylic acids is 4. The van der Waals surface area contributed by atoms with Crippen LogP contribution in [0.1, 0.15) is 12.8 Å². The predicted molar refractivity (Wildman–Crippen MR) is 95.5 cm³/mol. The molecule has 4 nitrogen and oxygen atoms in total. The van der Waals surface area contributed by atoms with Crippen LogP contribution in [0.5, 0.6) is 0 Å². The minimum absolute atomic E-state index is 0.0274. The molecule has 6 rings (SSSR count). The molecule has 0 aromatic rings.